The van der Waals surface area contributed by atoms with Crippen LogP contribution in [0.1, 0.15) is 11.1 Å². The summed E-state index contributed by atoms with van der Waals surface area (Å²) in [5, 5.41) is 0.420. The van der Waals surface area contributed by atoms with Gasteiger partial charge >= 0.3 is 0 Å². The van der Waals surface area contributed by atoms with Crippen LogP contribution in [0.15, 0.2) is 39.0 Å². The smallest absolute Gasteiger partial charge is 0.248 e. The summed E-state index contributed by atoms with van der Waals surface area (Å²) >= 11 is 9.82. The van der Waals surface area contributed by atoms with Gasteiger partial charge in [0.25, 0.3) is 0 Å². The van der Waals surface area contributed by atoms with Gasteiger partial charge in [0.2, 0.25) is 15.0 Å². The molecular formula is C16H12BrClN4O2S. The molecule has 2 aliphatic rings. The van der Waals surface area contributed by atoms with Crippen LogP contribution >= 0.6 is 27.5 Å². The Hall–Kier alpha value is -1.77. The number of nitrogens with zero attached hydrogens (tertiary/aromatic N) is 4. The molecule has 0 saturated heterocycles. The SMILES string of the molecule is CS(=O)(=O)c1ncc2c(n1)N1CCN=C1C(c1ccc(Br)cc1Cl)=C2. The Labute approximate surface area is 158 Å². The molecule has 0 atom stereocenters. The van der Waals surface area contributed by atoms with Crippen molar-refractivity contribution in [1.82, 2.24) is 9.97 Å². The number of aromatic nitrogens is 2. The van der Waals surface area contributed by atoms with Crippen molar-refractivity contribution in [2.75, 3.05) is 24.2 Å². The molecular weight excluding hydrogens is 428 g/mol. The molecule has 25 heavy (non-hydrogen) atoms. The van der Waals surface area contributed by atoms with Crippen molar-refractivity contribution < 1.29 is 8.42 Å². The molecule has 0 saturated carbocycles. The molecule has 128 valence electrons. The first kappa shape index (κ1) is 16.7. The van der Waals surface area contributed by atoms with Crippen LogP contribution in [0.3, 0.4) is 0 Å². The van der Waals surface area contributed by atoms with E-state index in [0.717, 1.165) is 33.3 Å². The Morgan fingerprint density at radius 1 is 1.32 bits per heavy atom. The molecule has 1 aromatic heterocycles. The van der Waals surface area contributed by atoms with Crippen molar-refractivity contribution in [1.29, 1.82) is 0 Å². The molecule has 0 bridgehead atoms. The zero-order valence-corrected chi connectivity index (χ0v) is 16.2. The lowest BCUT2D eigenvalue weighted by Crippen LogP contribution is -2.32. The second-order valence-electron chi connectivity index (χ2n) is 5.74. The van der Waals surface area contributed by atoms with E-state index in [-0.39, 0.29) is 5.16 Å². The van der Waals surface area contributed by atoms with Crippen molar-refractivity contribution in [2.45, 2.75) is 5.16 Å². The molecule has 2 aromatic rings. The summed E-state index contributed by atoms with van der Waals surface area (Å²) < 4.78 is 24.4. The Balaban J connectivity index is 1.92. The van der Waals surface area contributed by atoms with Crippen LogP contribution < -0.4 is 4.90 Å². The van der Waals surface area contributed by atoms with Gasteiger partial charge in [-0.05, 0) is 18.2 Å². The second kappa shape index (κ2) is 5.89. The van der Waals surface area contributed by atoms with E-state index in [1.807, 2.05) is 29.2 Å². The summed E-state index contributed by atoms with van der Waals surface area (Å²) in [5.41, 5.74) is 2.47. The van der Waals surface area contributed by atoms with Crippen LogP contribution in [0.2, 0.25) is 5.02 Å². The van der Waals surface area contributed by atoms with Crippen LogP contribution in [0.5, 0.6) is 0 Å². The predicted molar refractivity (Wildman–Crippen MR) is 102 cm³/mol. The van der Waals surface area contributed by atoms with Gasteiger partial charge in [0.1, 0.15) is 11.7 Å². The largest absolute Gasteiger partial charge is 0.308 e. The predicted octanol–water partition coefficient (Wildman–Crippen LogP) is 3.07. The van der Waals surface area contributed by atoms with Crippen LogP contribution in [-0.4, -0.2) is 43.6 Å². The highest BCUT2D eigenvalue weighted by atomic mass is 79.9. The number of halogens is 2. The van der Waals surface area contributed by atoms with E-state index in [4.69, 9.17) is 11.6 Å². The summed E-state index contributed by atoms with van der Waals surface area (Å²) in [7, 11) is -3.48. The molecule has 3 heterocycles. The van der Waals surface area contributed by atoms with Crippen molar-refractivity contribution >= 4 is 60.7 Å². The van der Waals surface area contributed by atoms with E-state index in [1.54, 1.807) is 0 Å². The van der Waals surface area contributed by atoms with Crippen molar-refractivity contribution in [3.8, 4) is 0 Å². The van der Waals surface area contributed by atoms with Crippen LogP contribution in [-0.2, 0) is 9.84 Å². The van der Waals surface area contributed by atoms with Gasteiger partial charge in [-0.3, -0.25) is 4.99 Å². The zero-order valence-electron chi connectivity index (χ0n) is 13.1. The number of benzene rings is 1. The van der Waals surface area contributed by atoms with Gasteiger partial charge in [0.15, 0.2) is 0 Å². The van der Waals surface area contributed by atoms with E-state index >= 15 is 0 Å². The van der Waals surface area contributed by atoms with E-state index in [0.29, 0.717) is 23.9 Å². The van der Waals surface area contributed by atoms with Crippen LogP contribution in [0.4, 0.5) is 5.82 Å². The second-order valence-corrected chi connectivity index (χ2v) is 8.98. The number of rotatable bonds is 2. The number of fused-ring (bicyclic) bond motifs is 3. The summed E-state index contributed by atoms with van der Waals surface area (Å²) in [4.78, 5) is 14.7. The number of aliphatic imine (C=N–C) groups is 1. The van der Waals surface area contributed by atoms with Crippen LogP contribution in [0, 0.1) is 0 Å². The monoisotopic (exact) mass is 438 g/mol. The Morgan fingerprint density at radius 3 is 2.84 bits per heavy atom. The van der Waals surface area contributed by atoms with Gasteiger partial charge in [0, 0.05) is 45.2 Å². The minimum atomic E-state index is -3.48. The number of anilines is 1. The normalized spacial score (nSPS) is 16.2. The molecule has 0 aliphatic carbocycles. The first-order valence-corrected chi connectivity index (χ1v) is 10.5. The van der Waals surface area contributed by atoms with E-state index in [1.165, 1.54) is 6.20 Å². The number of sulfone groups is 1. The van der Waals surface area contributed by atoms with Gasteiger partial charge in [-0.25, -0.2) is 13.4 Å². The maximum atomic E-state index is 11.8. The van der Waals surface area contributed by atoms with Crippen molar-refractivity contribution in [3.63, 3.8) is 0 Å². The highest BCUT2D eigenvalue weighted by molar-refractivity contribution is 9.10. The Bertz CT molecular complexity index is 1070. The average Bonchev–Trinajstić information content (AvgIpc) is 3.03. The fourth-order valence-electron chi connectivity index (χ4n) is 2.87. The molecule has 1 aromatic carbocycles. The first-order valence-electron chi connectivity index (χ1n) is 7.41. The highest BCUT2D eigenvalue weighted by Gasteiger charge is 2.31. The maximum Gasteiger partial charge on any atom is 0.248 e. The molecule has 9 heteroatoms. The number of hydrogen-bond acceptors (Lipinski definition) is 6. The molecule has 6 nitrogen and oxygen atoms in total. The summed E-state index contributed by atoms with van der Waals surface area (Å²) in [5.74, 6) is 1.30. The van der Waals surface area contributed by atoms with Gasteiger partial charge in [0.05, 0.1) is 6.54 Å². The van der Waals surface area contributed by atoms with Crippen molar-refractivity contribution in [2.24, 2.45) is 4.99 Å². The molecule has 0 spiro atoms. The van der Waals surface area contributed by atoms with Gasteiger partial charge in [-0.15, -0.1) is 0 Å². The van der Waals surface area contributed by atoms with Crippen LogP contribution in [0.25, 0.3) is 11.6 Å². The molecule has 0 amide bonds. The number of hydrogen-bond donors (Lipinski definition) is 0. The lowest BCUT2D eigenvalue weighted by Gasteiger charge is -2.27. The molecule has 2 aliphatic heterocycles. The third-order valence-corrected chi connectivity index (χ3v) is 5.63. The third kappa shape index (κ3) is 2.88. The maximum absolute atomic E-state index is 11.8. The molecule has 0 radical (unpaired) electrons. The lowest BCUT2D eigenvalue weighted by molar-refractivity contribution is 0.593. The fourth-order valence-corrected chi connectivity index (χ4v) is 4.14. The summed E-state index contributed by atoms with van der Waals surface area (Å²) in [6.45, 7) is 1.24. The minimum Gasteiger partial charge on any atom is -0.308 e. The fraction of sp³-hybridized carbons (Fsp3) is 0.188. The summed E-state index contributed by atoms with van der Waals surface area (Å²) in [6.07, 6.45) is 4.52. The van der Waals surface area contributed by atoms with E-state index < -0.39 is 9.84 Å². The molecule has 0 N–H and O–H groups in total. The first-order chi connectivity index (χ1) is 11.8. The average molecular weight is 440 g/mol. The van der Waals surface area contributed by atoms with Crippen molar-refractivity contribution in [3.05, 3.63) is 45.0 Å². The lowest BCUT2D eigenvalue weighted by atomic mass is 9.98. The van der Waals surface area contributed by atoms with E-state index in [9.17, 15) is 8.42 Å². The van der Waals surface area contributed by atoms with E-state index in [2.05, 4.69) is 30.9 Å². The molecule has 4 rings (SSSR count). The minimum absolute atomic E-state index is 0.184. The highest BCUT2D eigenvalue weighted by Crippen LogP contribution is 2.37. The van der Waals surface area contributed by atoms with Gasteiger partial charge in [-0.1, -0.05) is 33.6 Å². The quantitative estimate of drug-likeness (QED) is 0.672. The zero-order chi connectivity index (χ0) is 17.8. The summed E-state index contributed by atoms with van der Waals surface area (Å²) in [6, 6.07) is 5.67. The Kier molecular flexibility index (Phi) is 3.93. The number of amidine groups is 1. The topological polar surface area (TPSA) is 75.5 Å². The molecule has 0 unspecified atom stereocenters. The molecule has 0 fully saturated rings. The van der Waals surface area contributed by atoms with Gasteiger partial charge in [-0.2, -0.15) is 4.98 Å². The third-order valence-electron chi connectivity index (χ3n) is 3.96. The van der Waals surface area contributed by atoms with Gasteiger partial charge < -0.3 is 4.90 Å². The standard InChI is InChI=1S/C16H12BrClN4O2S/c1-25(23,24)16-20-8-9-6-12(11-3-2-10(17)7-13(11)18)15-19-4-5-22(15)14(9)21-16/h2-3,6-8H,4-5H2,1H3. The Morgan fingerprint density at radius 2 is 2.12 bits per heavy atom.